The molecule has 15 heavy (non-hydrogen) atoms. The molecule has 0 atom stereocenters. The summed E-state index contributed by atoms with van der Waals surface area (Å²) in [4.78, 5) is 20.8. The van der Waals surface area contributed by atoms with E-state index in [0.29, 0.717) is 11.8 Å². The summed E-state index contributed by atoms with van der Waals surface area (Å²) in [6, 6.07) is 2.94. The molecular weight excluding hydrogens is 239 g/mol. The van der Waals surface area contributed by atoms with E-state index in [-0.39, 0.29) is 15.6 Å². The van der Waals surface area contributed by atoms with Crippen molar-refractivity contribution in [2.45, 2.75) is 0 Å². The standard InChI is InChI=1S/C10H6Cl2O3/c11-8-3-6(1-2-10(14)15)4-9(12)7(8)5-13/h1-5H,(H,14,15)/b2-1+. The molecule has 0 saturated carbocycles. The molecule has 0 aliphatic carbocycles. The lowest BCUT2D eigenvalue weighted by atomic mass is 10.1. The lowest BCUT2D eigenvalue weighted by Crippen LogP contribution is -1.88. The fourth-order valence-corrected chi connectivity index (χ4v) is 1.57. The average Bonchev–Trinajstić information content (AvgIpc) is 2.14. The molecular formula is C10H6Cl2O3. The minimum absolute atomic E-state index is 0.197. The number of rotatable bonds is 3. The van der Waals surface area contributed by atoms with Crippen LogP contribution in [0.4, 0.5) is 0 Å². The third-order valence-corrected chi connectivity index (χ3v) is 2.26. The van der Waals surface area contributed by atoms with Gasteiger partial charge >= 0.3 is 5.97 Å². The van der Waals surface area contributed by atoms with Crippen LogP contribution in [0.1, 0.15) is 15.9 Å². The van der Waals surface area contributed by atoms with Crippen molar-refractivity contribution in [1.82, 2.24) is 0 Å². The van der Waals surface area contributed by atoms with Gasteiger partial charge in [0.2, 0.25) is 0 Å². The van der Waals surface area contributed by atoms with E-state index >= 15 is 0 Å². The van der Waals surface area contributed by atoms with Crippen molar-refractivity contribution < 1.29 is 14.7 Å². The van der Waals surface area contributed by atoms with Gasteiger partial charge in [0.1, 0.15) is 0 Å². The Morgan fingerprint density at radius 2 is 1.80 bits per heavy atom. The largest absolute Gasteiger partial charge is 0.478 e. The van der Waals surface area contributed by atoms with E-state index in [0.717, 1.165) is 6.08 Å². The van der Waals surface area contributed by atoms with Crippen LogP contribution >= 0.6 is 23.2 Å². The van der Waals surface area contributed by atoms with Gasteiger partial charge in [-0.25, -0.2) is 4.79 Å². The minimum Gasteiger partial charge on any atom is -0.478 e. The van der Waals surface area contributed by atoms with Crippen molar-refractivity contribution in [3.8, 4) is 0 Å². The number of carbonyl (C=O) groups is 2. The van der Waals surface area contributed by atoms with Crippen LogP contribution < -0.4 is 0 Å². The molecule has 0 amide bonds. The summed E-state index contributed by atoms with van der Waals surface area (Å²) in [7, 11) is 0. The van der Waals surface area contributed by atoms with Crippen molar-refractivity contribution in [1.29, 1.82) is 0 Å². The van der Waals surface area contributed by atoms with E-state index in [1.54, 1.807) is 0 Å². The van der Waals surface area contributed by atoms with E-state index in [1.807, 2.05) is 0 Å². The Bertz CT molecular complexity index is 415. The Hall–Kier alpha value is -1.32. The molecule has 0 aliphatic rings. The summed E-state index contributed by atoms with van der Waals surface area (Å²) < 4.78 is 0. The molecule has 0 aliphatic heterocycles. The molecule has 0 unspecified atom stereocenters. The SMILES string of the molecule is O=Cc1c(Cl)cc(/C=C/C(=O)O)cc1Cl. The van der Waals surface area contributed by atoms with Crippen LogP contribution in [0.15, 0.2) is 18.2 Å². The van der Waals surface area contributed by atoms with Crippen LogP contribution in [0, 0.1) is 0 Å². The second-order valence-electron chi connectivity index (χ2n) is 2.69. The predicted molar refractivity (Wildman–Crippen MR) is 58.5 cm³/mol. The predicted octanol–water partition coefficient (Wildman–Crippen LogP) is 2.90. The topological polar surface area (TPSA) is 54.4 Å². The number of aldehydes is 1. The number of hydrogen-bond acceptors (Lipinski definition) is 2. The zero-order valence-corrected chi connectivity index (χ0v) is 8.92. The summed E-state index contributed by atoms with van der Waals surface area (Å²) in [5, 5.41) is 8.80. The lowest BCUT2D eigenvalue weighted by Gasteiger charge is -2.01. The number of benzene rings is 1. The molecule has 0 radical (unpaired) electrons. The number of halogens is 2. The van der Waals surface area contributed by atoms with Crippen molar-refractivity contribution in [3.63, 3.8) is 0 Å². The fraction of sp³-hybridized carbons (Fsp3) is 0. The van der Waals surface area contributed by atoms with Gasteiger partial charge in [-0.1, -0.05) is 23.2 Å². The zero-order valence-electron chi connectivity index (χ0n) is 7.41. The number of aliphatic carboxylic acids is 1. The molecule has 0 saturated heterocycles. The molecule has 0 fully saturated rings. The number of hydrogen-bond donors (Lipinski definition) is 1. The highest BCUT2D eigenvalue weighted by Gasteiger charge is 2.05. The second kappa shape index (κ2) is 4.96. The zero-order chi connectivity index (χ0) is 11.4. The molecule has 5 heteroatoms. The highest BCUT2D eigenvalue weighted by molar-refractivity contribution is 6.38. The van der Waals surface area contributed by atoms with Gasteiger partial charge in [0.25, 0.3) is 0 Å². The first-order valence-electron chi connectivity index (χ1n) is 3.90. The van der Waals surface area contributed by atoms with Crippen LogP contribution in [-0.4, -0.2) is 17.4 Å². The Morgan fingerprint density at radius 3 is 2.20 bits per heavy atom. The summed E-state index contributed by atoms with van der Waals surface area (Å²) in [5.74, 6) is -1.07. The minimum atomic E-state index is -1.07. The van der Waals surface area contributed by atoms with Crippen LogP contribution in [0.5, 0.6) is 0 Å². The van der Waals surface area contributed by atoms with Gasteiger partial charge in [-0.05, 0) is 23.8 Å². The maximum absolute atomic E-state index is 10.5. The van der Waals surface area contributed by atoms with Crippen LogP contribution in [-0.2, 0) is 4.79 Å². The van der Waals surface area contributed by atoms with E-state index < -0.39 is 5.97 Å². The monoisotopic (exact) mass is 244 g/mol. The highest BCUT2D eigenvalue weighted by atomic mass is 35.5. The Labute approximate surface area is 95.9 Å². The Balaban J connectivity index is 3.14. The first-order valence-corrected chi connectivity index (χ1v) is 4.65. The van der Waals surface area contributed by atoms with Gasteiger partial charge < -0.3 is 5.11 Å². The van der Waals surface area contributed by atoms with Crippen LogP contribution in [0.3, 0.4) is 0 Å². The summed E-state index contributed by atoms with van der Waals surface area (Å²) >= 11 is 11.5. The number of carboxylic acid groups (broad SMARTS) is 1. The maximum Gasteiger partial charge on any atom is 0.328 e. The quantitative estimate of drug-likeness (QED) is 0.657. The lowest BCUT2D eigenvalue weighted by molar-refractivity contribution is -0.131. The van der Waals surface area contributed by atoms with E-state index in [2.05, 4.69) is 0 Å². The Kier molecular flexibility index (Phi) is 3.88. The number of carbonyl (C=O) groups excluding carboxylic acids is 1. The molecule has 0 aromatic heterocycles. The van der Waals surface area contributed by atoms with Crippen molar-refractivity contribution in [3.05, 3.63) is 39.4 Å². The first-order chi connectivity index (χ1) is 7.04. The second-order valence-corrected chi connectivity index (χ2v) is 3.50. The van der Waals surface area contributed by atoms with Gasteiger partial charge in [-0.2, -0.15) is 0 Å². The normalized spacial score (nSPS) is 10.5. The fourth-order valence-electron chi connectivity index (χ4n) is 0.980. The van der Waals surface area contributed by atoms with Crippen LogP contribution in [0.25, 0.3) is 6.08 Å². The van der Waals surface area contributed by atoms with Gasteiger partial charge in [0.05, 0.1) is 15.6 Å². The molecule has 0 heterocycles. The molecule has 78 valence electrons. The van der Waals surface area contributed by atoms with Gasteiger partial charge in [-0.15, -0.1) is 0 Å². The van der Waals surface area contributed by atoms with E-state index in [1.165, 1.54) is 18.2 Å². The molecule has 1 aromatic carbocycles. The number of carboxylic acids is 1. The molecule has 0 bridgehead atoms. The highest BCUT2D eigenvalue weighted by Crippen LogP contribution is 2.25. The van der Waals surface area contributed by atoms with Crippen molar-refractivity contribution in [2.75, 3.05) is 0 Å². The van der Waals surface area contributed by atoms with Crippen molar-refractivity contribution in [2.24, 2.45) is 0 Å². The third-order valence-electron chi connectivity index (χ3n) is 1.64. The molecule has 1 N–H and O–H groups in total. The van der Waals surface area contributed by atoms with Crippen LogP contribution in [0.2, 0.25) is 10.0 Å². The van der Waals surface area contributed by atoms with Gasteiger partial charge in [0.15, 0.2) is 6.29 Å². The van der Waals surface area contributed by atoms with Gasteiger partial charge in [0, 0.05) is 6.08 Å². The Morgan fingerprint density at radius 1 is 1.27 bits per heavy atom. The first kappa shape index (κ1) is 11.8. The van der Waals surface area contributed by atoms with Gasteiger partial charge in [-0.3, -0.25) is 4.79 Å². The summed E-state index contributed by atoms with van der Waals surface area (Å²) in [5.41, 5.74) is 0.726. The third kappa shape index (κ3) is 3.08. The molecule has 1 rings (SSSR count). The van der Waals surface area contributed by atoms with Crippen molar-refractivity contribution >= 4 is 41.5 Å². The molecule has 1 aromatic rings. The summed E-state index contributed by atoms with van der Waals surface area (Å²) in [6.45, 7) is 0. The van der Waals surface area contributed by atoms with E-state index in [4.69, 9.17) is 28.3 Å². The molecule has 0 spiro atoms. The summed E-state index contributed by atoms with van der Waals surface area (Å²) in [6.07, 6.45) is 2.85. The maximum atomic E-state index is 10.5. The average molecular weight is 245 g/mol. The smallest absolute Gasteiger partial charge is 0.328 e. The molecule has 3 nitrogen and oxygen atoms in total. The van der Waals surface area contributed by atoms with E-state index in [9.17, 15) is 9.59 Å².